The molecule has 5 rings (SSSR count). The van der Waals surface area contributed by atoms with Crippen LogP contribution >= 0.6 is 0 Å². The third kappa shape index (κ3) is 2.84. The molecule has 0 spiro atoms. The molecule has 3 aromatic heterocycles. The molecule has 0 fully saturated rings. The molecule has 1 aliphatic heterocycles. The second kappa shape index (κ2) is 6.31. The van der Waals surface area contributed by atoms with Crippen molar-refractivity contribution in [3.8, 4) is 11.4 Å². The largest absolute Gasteiger partial charge is 0.361 e. The van der Waals surface area contributed by atoms with Crippen LogP contribution in [0.5, 0.6) is 0 Å². The molecule has 0 saturated heterocycles. The van der Waals surface area contributed by atoms with Crippen LogP contribution in [0.3, 0.4) is 0 Å². The fourth-order valence-corrected chi connectivity index (χ4v) is 3.51. The molecule has 1 aliphatic rings. The van der Waals surface area contributed by atoms with Gasteiger partial charge in [0.1, 0.15) is 6.33 Å². The van der Waals surface area contributed by atoms with Crippen molar-refractivity contribution >= 4 is 10.9 Å². The zero-order valence-electron chi connectivity index (χ0n) is 14.3. The summed E-state index contributed by atoms with van der Waals surface area (Å²) in [6, 6.07) is 8.72. The van der Waals surface area contributed by atoms with Crippen molar-refractivity contribution in [3.63, 3.8) is 0 Å². The Morgan fingerprint density at radius 1 is 1.08 bits per heavy atom. The van der Waals surface area contributed by atoms with Crippen LogP contribution in [0.4, 0.5) is 0 Å². The van der Waals surface area contributed by atoms with Gasteiger partial charge in [0.25, 0.3) is 0 Å². The SMILES string of the molecule is c1ncc(-c2ncc3c(n2)CN(Cc2ccc4[nH]ccc4c2)CC3)cn1. The fraction of sp³-hybridized carbons (Fsp3) is 0.200. The normalized spacial score (nSPS) is 14.5. The first-order chi connectivity index (χ1) is 12.8. The summed E-state index contributed by atoms with van der Waals surface area (Å²) < 4.78 is 0. The van der Waals surface area contributed by atoms with Crippen molar-refractivity contribution in [1.29, 1.82) is 0 Å². The Labute approximate surface area is 151 Å². The first-order valence-corrected chi connectivity index (χ1v) is 8.74. The lowest BCUT2D eigenvalue weighted by molar-refractivity contribution is 0.241. The number of hydrogen-bond acceptors (Lipinski definition) is 5. The molecular formula is C20H18N6. The topological polar surface area (TPSA) is 70.6 Å². The average Bonchev–Trinajstić information content (AvgIpc) is 3.16. The summed E-state index contributed by atoms with van der Waals surface area (Å²) in [6.07, 6.45) is 9.94. The van der Waals surface area contributed by atoms with Gasteiger partial charge in [-0.1, -0.05) is 6.07 Å². The van der Waals surface area contributed by atoms with E-state index >= 15 is 0 Å². The van der Waals surface area contributed by atoms with E-state index in [2.05, 4.69) is 49.1 Å². The standard InChI is InChI=1S/C20H18N6/c1-2-18-15(3-5-23-18)7-14(1)11-26-6-4-16-10-24-20(25-19(16)12-26)17-8-21-13-22-9-17/h1-3,5,7-10,13,23H,4,6,11-12H2. The predicted octanol–water partition coefficient (Wildman–Crippen LogP) is 2.97. The Bertz CT molecular complexity index is 1060. The maximum absolute atomic E-state index is 4.78. The van der Waals surface area contributed by atoms with Crippen LogP contribution in [-0.2, 0) is 19.5 Å². The van der Waals surface area contributed by atoms with Gasteiger partial charge in [0.2, 0.25) is 0 Å². The molecule has 4 aromatic rings. The predicted molar refractivity (Wildman–Crippen MR) is 99.2 cm³/mol. The van der Waals surface area contributed by atoms with Gasteiger partial charge >= 0.3 is 0 Å². The van der Waals surface area contributed by atoms with E-state index in [1.54, 1.807) is 12.4 Å². The molecule has 26 heavy (non-hydrogen) atoms. The summed E-state index contributed by atoms with van der Waals surface area (Å²) in [6.45, 7) is 2.79. The van der Waals surface area contributed by atoms with Gasteiger partial charge in [-0.2, -0.15) is 0 Å². The van der Waals surface area contributed by atoms with Gasteiger partial charge in [0.05, 0.1) is 11.3 Å². The molecule has 6 heteroatoms. The van der Waals surface area contributed by atoms with Crippen LogP contribution < -0.4 is 0 Å². The van der Waals surface area contributed by atoms with Crippen LogP contribution in [0.2, 0.25) is 0 Å². The zero-order chi connectivity index (χ0) is 17.3. The van der Waals surface area contributed by atoms with Crippen LogP contribution in [0, 0.1) is 0 Å². The summed E-state index contributed by atoms with van der Waals surface area (Å²) in [7, 11) is 0. The van der Waals surface area contributed by atoms with Gasteiger partial charge in [-0.3, -0.25) is 4.90 Å². The number of H-pyrrole nitrogens is 1. The summed E-state index contributed by atoms with van der Waals surface area (Å²) in [4.78, 5) is 23.1. The van der Waals surface area contributed by atoms with Gasteiger partial charge in [-0.05, 0) is 41.1 Å². The highest BCUT2D eigenvalue weighted by atomic mass is 15.1. The van der Waals surface area contributed by atoms with E-state index in [0.29, 0.717) is 5.82 Å². The van der Waals surface area contributed by atoms with Crippen LogP contribution in [0.25, 0.3) is 22.3 Å². The smallest absolute Gasteiger partial charge is 0.162 e. The number of aromatic nitrogens is 5. The second-order valence-electron chi connectivity index (χ2n) is 6.65. The quantitative estimate of drug-likeness (QED) is 0.620. The molecule has 1 N–H and O–H groups in total. The molecule has 0 aliphatic carbocycles. The molecule has 0 atom stereocenters. The van der Waals surface area contributed by atoms with E-state index in [1.165, 1.54) is 28.4 Å². The molecule has 4 heterocycles. The third-order valence-corrected chi connectivity index (χ3v) is 4.87. The van der Waals surface area contributed by atoms with Crippen molar-refractivity contribution in [2.75, 3.05) is 6.54 Å². The number of aromatic amines is 1. The summed E-state index contributed by atoms with van der Waals surface area (Å²) in [5.41, 5.74) is 5.70. The Morgan fingerprint density at radius 3 is 2.92 bits per heavy atom. The molecule has 0 amide bonds. The Hall–Kier alpha value is -3.12. The molecule has 1 aromatic carbocycles. The number of benzene rings is 1. The molecule has 6 nitrogen and oxygen atoms in total. The van der Waals surface area contributed by atoms with Crippen molar-refractivity contribution < 1.29 is 0 Å². The Kier molecular flexibility index (Phi) is 3.68. The second-order valence-corrected chi connectivity index (χ2v) is 6.65. The number of nitrogens with one attached hydrogen (secondary N) is 1. The van der Waals surface area contributed by atoms with Crippen LogP contribution in [0.15, 0.2) is 55.4 Å². The van der Waals surface area contributed by atoms with E-state index in [-0.39, 0.29) is 0 Å². The molecule has 0 radical (unpaired) electrons. The zero-order valence-corrected chi connectivity index (χ0v) is 14.3. The first kappa shape index (κ1) is 15.2. The third-order valence-electron chi connectivity index (χ3n) is 4.87. The van der Waals surface area contributed by atoms with Crippen LogP contribution in [0.1, 0.15) is 16.8 Å². The number of hydrogen-bond donors (Lipinski definition) is 1. The monoisotopic (exact) mass is 342 g/mol. The maximum Gasteiger partial charge on any atom is 0.162 e. The Morgan fingerprint density at radius 2 is 2.00 bits per heavy atom. The van der Waals surface area contributed by atoms with Crippen molar-refractivity contribution in [2.24, 2.45) is 0 Å². The van der Waals surface area contributed by atoms with Crippen molar-refractivity contribution in [2.45, 2.75) is 19.5 Å². The maximum atomic E-state index is 4.78. The van der Waals surface area contributed by atoms with E-state index in [0.717, 1.165) is 37.3 Å². The van der Waals surface area contributed by atoms with E-state index < -0.39 is 0 Å². The summed E-state index contributed by atoms with van der Waals surface area (Å²) >= 11 is 0. The minimum atomic E-state index is 0.694. The molecule has 0 unspecified atom stereocenters. The summed E-state index contributed by atoms with van der Waals surface area (Å²) in [5, 5.41) is 1.26. The van der Waals surface area contributed by atoms with Gasteiger partial charge in [-0.25, -0.2) is 19.9 Å². The van der Waals surface area contributed by atoms with Gasteiger partial charge in [-0.15, -0.1) is 0 Å². The van der Waals surface area contributed by atoms with Gasteiger partial charge < -0.3 is 4.98 Å². The number of fused-ring (bicyclic) bond motifs is 2. The molecule has 128 valence electrons. The highest BCUT2D eigenvalue weighted by Gasteiger charge is 2.19. The van der Waals surface area contributed by atoms with Gasteiger partial charge in [0, 0.05) is 49.9 Å². The Balaban J connectivity index is 1.38. The van der Waals surface area contributed by atoms with Gasteiger partial charge in [0.15, 0.2) is 5.82 Å². The minimum Gasteiger partial charge on any atom is -0.361 e. The minimum absolute atomic E-state index is 0.694. The molecular weight excluding hydrogens is 324 g/mol. The van der Waals surface area contributed by atoms with E-state index in [1.807, 2.05) is 12.4 Å². The van der Waals surface area contributed by atoms with Crippen LogP contribution in [-0.4, -0.2) is 36.4 Å². The van der Waals surface area contributed by atoms with Crippen molar-refractivity contribution in [3.05, 3.63) is 72.2 Å². The lowest BCUT2D eigenvalue weighted by Gasteiger charge is -2.28. The summed E-state index contributed by atoms with van der Waals surface area (Å²) in [5.74, 6) is 0.694. The lowest BCUT2D eigenvalue weighted by Crippen LogP contribution is -2.31. The number of rotatable bonds is 3. The fourth-order valence-electron chi connectivity index (χ4n) is 3.51. The van der Waals surface area contributed by atoms with E-state index in [4.69, 9.17) is 4.98 Å². The average molecular weight is 342 g/mol. The number of nitrogens with zero attached hydrogens (tertiary/aromatic N) is 5. The van der Waals surface area contributed by atoms with Crippen molar-refractivity contribution in [1.82, 2.24) is 29.8 Å². The molecule has 0 saturated carbocycles. The lowest BCUT2D eigenvalue weighted by atomic mass is 10.1. The first-order valence-electron chi connectivity index (χ1n) is 8.74. The highest BCUT2D eigenvalue weighted by Crippen LogP contribution is 2.22. The highest BCUT2D eigenvalue weighted by molar-refractivity contribution is 5.79. The molecule has 0 bridgehead atoms. The van der Waals surface area contributed by atoms with E-state index in [9.17, 15) is 0 Å².